The first-order valence-electron chi connectivity index (χ1n) is 8.46. The molecule has 4 rings (SSSR count). The van der Waals surface area contributed by atoms with Crippen LogP contribution >= 0.6 is 0 Å². The third-order valence-corrected chi connectivity index (χ3v) is 4.15. The predicted molar refractivity (Wildman–Crippen MR) is 96.3 cm³/mol. The lowest BCUT2D eigenvalue weighted by molar-refractivity contribution is -0.146. The maximum atomic E-state index is 13.0. The van der Waals surface area contributed by atoms with Crippen molar-refractivity contribution in [1.29, 1.82) is 0 Å². The van der Waals surface area contributed by atoms with Crippen molar-refractivity contribution in [3.05, 3.63) is 65.2 Å². The molecular weight excluding hydrogens is 371 g/mol. The number of nitrogens with zero attached hydrogens (tertiary/aromatic N) is 6. The summed E-state index contributed by atoms with van der Waals surface area (Å²) in [5, 5.41) is 18.1. The molecule has 0 aliphatic carbocycles. The van der Waals surface area contributed by atoms with Crippen molar-refractivity contribution in [3.8, 4) is 0 Å². The van der Waals surface area contributed by atoms with Gasteiger partial charge in [-0.1, -0.05) is 12.1 Å². The van der Waals surface area contributed by atoms with Crippen LogP contribution < -0.4 is 5.32 Å². The molecule has 0 fully saturated rings. The zero-order valence-corrected chi connectivity index (χ0v) is 15.1. The van der Waals surface area contributed by atoms with Gasteiger partial charge in [0, 0.05) is 11.4 Å². The first-order chi connectivity index (χ1) is 13.3. The predicted octanol–water partition coefficient (Wildman–Crippen LogP) is 3.75. The normalized spacial score (nSPS) is 11.9. The van der Waals surface area contributed by atoms with Gasteiger partial charge in [-0.25, -0.2) is 0 Å². The van der Waals surface area contributed by atoms with E-state index < -0.39 is 12.0 Å². The summed E-state index contributed by atoms with van der Waals surface area (Å²) in [4.78, 5) is 0. The molecule has 1 N–H and O–H groups in total. The highest BCUT2D eigenvalue weighted by Crippen LogP contribution is 2.28. The summed E-state index contributed by atoms with van der Waals surface area (Å²) in [5.74, 6) is -0.912. The van der Waals surface area contributed by atoms with Gasteiger partial charge in [0.25, 0.3) is 5.82 Å². The van der Waals surface area contributed by atoms with Crippen LogP contribution in [-0.2, 0) is 12.7 Å². The minimum absolute atomic E-state index is 0.0242. The Labute approximate surface area is 157 Å². The van der Waals surface area contributed by atoms with E-state index in [-0.39, 0.29) is 11.5 Å². The fraction of sp³-hybridized carbons (Fsp3) is 0.222. The fourth-order valence-corrected chi connectivity index (χ4v) is 2.94. The molecule has 4 aromatic rings. The molecule has 1 aromatic carbocycles. The number of fused-ring (bicyclic) bond motifs is 1. The van der Waals surface area contributed by atoms with Crippen molar-refractivity contribution in [2.24, 2.45) is 0 Å². The summed E-state index contributed by atoms with van der Waals surface area (Å²) in [7, 11) is 0. The van der Waals surface area contributed by atoms with Crippen molar-refractivity contribution in [1.82, 2.24) is 29.6 Å². The second kappa shape index (κ2) is 6.63. The van der Waals surface area contributed by atoms with Crippen molar-refractivity contribution in [3.63, 3.8) is 0 Å². The van der Waals surface area contributed by atoms with Crippen molar-refractivity contribution < 1.29 is 13.2 Å². The number of benzene rings is 1. The fourth-order valence-electron chi connectivity index (χ4n) is 2.94. The van der Waals surface area contributed by atoms with Gasteiger partial charge in [0.15, 0.2) is 11.5 Å². The Bertz CT molecular complexity index is 1140. The number of hydrogen-bond donors (Lipinski definition) is 1. The van der Waals surface area contributed by atoms with E-state index in [1.165, 1.54) is 6.07 Å². The highest BCUT2D eigenvalue weighted by molar-refractivity contribution is 5.58. The number of halogens is 3. The molecule has 144 valence electrons. The van der Waals surface area contributed by atoms with Gasteiger partial charge < -0.3 is 5.32 Å². The Kier molecular flexibility index (Phi) is 4.25. The van der Waals surface area contributed by atoms with Crippen LogP contribution in [0.25, 0.3) is 5.65 Å². The first-order valence-corrected chi connectivity index (χ1v) is 8.46. The van der Waals surface area contributed by atoms with Crippen LogP contribution in [0.5, 0.6) is 0 Å². The van der Waals surface area contributed by atoms with Gasteiger partial charge in [-0.2, -0.15) is 22.8 Å². The minimum atomic E-state index is -4.63. The number of anilines is 2. The van der Waals surface area contributed by atoms with Gasteiger partial charge in [0.1, 0.15) is 0 Å². The summed E-state index contributed by atoms with van der Waals surface area (Å²) < 4.78 is 41.6. The van der Waals surface area contributed by atoms with Gasteiger partial charge in [0.05, 0.1) is 12.2 Å². The molecule has 0 bridgehead atoms. The lowest BCUT2D eigenvalue weighted by Gasteiger charge is -2.10. The molecule has 0 saturated heterocycles. The SMILES string of the molecule is Cc1cc(C)n(Cc2cccc(Nc3ccc4nnc(C(F)(F)F)n4n3)c2)n1. The first kappa shape index (κ1) is 18.0. The monoisotopic (exact) mass is 387 g/mol. The number of rotatable bonds is 4. The van der Waals surface area contributed by atoms with Crippen molar-refractivity contribution >= 4 is 17.2 Å². The Hall–Kier alpha value is -3.43. The molecule has 3 heterocycles. The highest BCUT2D eigenvalue weighted by atomic mass is 19.4. The number of hydrogen-bond acceptors (Lipinski definition) is 5. The molecule has 3 aromatic heterocycles. The number of aryl methyl sites for hydroxylation is 2. The second-order valence-electron chi connectivity index (χ2n) is 6.42. The van der Waals surface area contributed by atoms with E-state index in [4.69, 9.17) is 0 Å². The van der Waals surface area contributed by atoms with E-state index >= 15 is 0 Å². The zero-order chi connectivity index (χ0) is 19.9. The second-order valence-corrected chi connectivity index (χ2v) is 6.42. The van der Waals surface area contributed by atoms with Crippen LogP contribution in [0, 0.1) is 13.8 Å². The summed E-state index contributed by atoms with van der Waals surface area (Å²) in [6, 6.07) is 12.5. The molecule has 0 unspecified atom stereocenters. The Morgan fingerprint density at radius 2 is 1.82 bits per heavy atom. The summed E-state index contributed by atoms with van der Waals surface area (Å²) in [5.41, 5.74) is 3.72. The van der Waals surface area contributed by atoms with E-state index in [9.17, 15) is 13.2 Å². The van der Waals surface area contributed by atoms with E-state index in [0.717, 1.165) is 17.0 Å². The van der Waals surface area contributed by atoms with Crippen LogP contribution in [0.15, 0.2) is 42.5 Å². The molecule has 0 radical (unpaired) electrons. The third kappa shape index (κ3) is 3.53. The lowest BCUT2D eigenvalue weighted by atomic mass is 10.2. The molecule has 7 nitrogen and oxygen atoms in total. The molecule has 0 atom stereocenters. The van der Waals surface area contributed by atoms with Crippen LogP contribution in [-0.4, -0.2) is 29.6 Å². The van der Waals surface area contributed by atoms with Crippen molar-refractivity contribution in [2.75, 3.05) is 5.32 Å². The van der Waals surface area contributed by atoms with Gasteiger partial charge in [-0.3, -0.25) is 4.68 Å². The summed E-state index contributed by atoms with van der Waals surface area (Å²) in [6.07, 6.45) is -4.63. The molecule has 28 heavy (non-hydrogen) atoms. The van der Waals surface area contributed by atoms with Crippen LogP contribution in [0.1, 0.15) is 22.8 Å². The summed E-state index contributed by atoms with van der Waals surface area (Å²) >= 11 is 0. The molecule has 0 spiro atoms. The third-order valence-electron chi connectivity index (χ3n) is 4.15. The maximum Gasteiger partial charge on any atom is 0.453 e. The lowest BCUT2D eigenvalue weighted by Crippen LogP contribution is -2.13. The average Bonchev–Trinajstić information content (AvgIpc) is 3.17. The molecule has 0 saturated carbocycles. The number of alkyl halides is 3. The Morgan fingerprint density at radius 1 is 1.00 bits per heavy atom. The van der Waals surface area contributed by atoms with E-state index in [1.807, 2.05) is 48.9 Å². The number of nitrogens with one attached hydrogen (secondary N) is 1. The van der Waals surface area contributed by atoms with Crippen LogP contribution in [0.4, 0.5) is 24.7 Å². The Morgan fingerprint density at radius 3 is 2.54 bits per heavy atom. The summed E-state index contributed by atoms with van der Waals surface area (Å²) in [6.45, 7) is 4.51. The molecule has 0 aliphatic rings. The Balaban J connectivity index is 1.60. The van der Waals surface area contributed by atoms with Gasteiger partial charge in [-0.05, 0) is 49.7 Å². The quantitative estimate of drug-likeness (QED) is 0.577. The molecule has 0 amide bonds. The number of aromatic nitrogens is 6. The maximum absolute atomic E-state index is 13.0. The van der Waals surface area contributed by atoms with E-state index in [2.05, 4.69) is 25.7 Å². The van der Waals surface area contributed by atoms with Crippen LogP contribution in [0.3, 0.4) is 0 Å². The minimum Gasteiger partial charge on any atom is -0.339 e. The topological polar surface area (TPSA) is 72.9 Å². The average molecular weight is 387 g/mol. The van der Waals surface area contributed by atoms with Gasteiger partial charge >= 0.3 is 6.18 Å². The van der Waals surface area contributed by atoms with E-state index in [1.54, 1.807) is 6.07 Å². The largest absolute Gasteiger partial charge is 0.453 e. The standard InChI is InChI=1S/C18H16F3N7/c1-11-8-12(2)27(25-11)10-13-4-3-5-14(9-13)22-15-6-7-16-23-24-17(18(19,20)21)28(16)26-15/h3-9H,10H2,1-2H3,(H,22,26). The molecule has 0 aliphatic heterocycles. The molecule has 10 heteroatoms. The van der Waals surface area contributed by atoms with E-state index in [0.29, 0.717) is 16.7 Å². The van der Waals surface area contributed by atoms with Crippen LogP contribution in [0.2, 0.25) is 0 Å². The highest BCUT2D eigenvalue weighted by Gasteiger charge is 2.37. The van der Waals surface area contributed by atoms with Gasteiger partial charge in [-0.15, -0.1) is 15.3 Å². The smallest absolute Gasteiger partial charge is 0.339 e. The zero-order valence-electron chi connectivity index (χ0n) is 15.1. The molecular formula is C18H16F3N7. The van der Waals surface area contributed by atoms with Crippen molar-refractivity contribution in [2.45, 2.75) is 26.6 Å². The van der Waals surface area contributed by atoms with Gasteiger partial charge in [0.2, 0.25) is 0 Å².